The minimum absolute atomic E-state index is 0.00796. The first-order chi connectivity index (χ1) is 18.5. The lowest BCUT2D eigenvalue weighted by atomic mass is 9.63. The summed E-state index contributed by atoms with van der Waals surface area (Å²) < 4.78 is 0. The Bertz CT molecular complexity index is 1110. The predicted molar refractivity (Wildman–Crippen MR) is 156 cm³/mol. The maximum Gasteiger partial charge on any atom is 0.255 e. The van der Waals surface area contributed by atoms with E-state index < -0.39 is 0 Å². The summed E-state index contributed by atoms with van der Waals surface area (Å²) in [5.74, 6) is 4.38. The number of nitrogens with one attached hydrogen (secondary N) is 1. The van der Waals surface area contributed by atoms with Crippen molar-refractivity contribution in [1.82, 2.24) is 10.2 Å². The van der Waals surface area contributed by atoms with Crippen LogP contribution in [0, 0.1) is 23.7 Å². The van der Waals surface area contributed by atoms with Crippen molar-refractivity contribution in [3.63, 3.8) is 0 Å². The van der Waals surface area contributed by atoms with Crippen LogP contribution in [0.3, 0.4) is 0 Å². The van der Waals surface area contributed by atoms with Crippen LogP contribution in [-0.4, -0.2) is 35.7 Å². The van der Waals surface area contributed by atoms with Gasteiger partial charge in [-0.1, -0.05) is 57.5 Å². The van der Waals surface area contributed by atoms with Crippen LogP contribution in [0.4, 0.5) is 0 Å². The lowest BCUT2D eigenvalue weighted by molar-refractivity contribution is -0.112. The monoisotopic (exact) mass is 532 g/mol. The minimum Gasteiger partial charge on any atom is -0.324 e. The van der Waals surface area contributed by atoms with Gasteiger partial charge in [0.05, 0.1) is 6.04 Å². The van der Waals surface area contributed by atoms with Gasteiger partial charge in [0.2, 0.25) is 0 Å². The molecule has 3 aliphatic rings. The maximum atomic E-state index is 13.0. The number of carbonyl (C=O) groups is 2. The number of thioether (sulfide) groups is 1. The molecule has 0 aromatic heterocycles. The molecule has 5 heteroatoms. The minimum atomic E-state index is -0.329. The number of carbonyl (C=O) groups excluding carboxylic acids is 2. The van der Waals surface area contributed by atoms with Gasteiger partial charge in [0, 0.05) is 28.8 Å². The average molecular weight is 533 g/mol. The molecule has 0 saturated heterocycles. The third-order valence-electron chi connectivity index (χ3n) is 9.21. The fraction of sp³-hybridized carbons (Fsp3) is 0.576. The largest absolute Gasteiger partial charge is 0.324 e. The van der Waals surface area contributed by atoms with Gasteiger partial charge >= 0.3 is 0 Å². The standard InChI is InChI=1S/C33H44N2O2S/c1-4-6-28(20-36)35-19-30-29(33(35)37)7-5-8-31(30)38-21-25-11-9-24(10-12-25)13-14-34-32-23(3)17-26-15-22(2)16-27(32)18-26/h5,7-12,20,22-23,26-28,32,34H,4,6,13-19,21H2,1-3H3. The summed E-state index contributed by atoms with van der Waals surface area (Å²) >= 11 is 1.79. The molecule has 5 rings (SSSR count). The molecule has 0 radical (unpaired) electrons. The Kier molecular flexibility index (Phi) is 8.95. The zero-order chi connectivity index (χ0) is 26.6. The first kappa shape index (κ1) is 27.5. The number of rotatable bonds is 11. The van der Waals surface area contributed by atoms with Crippen molar-refractivity contribution in [2.24, 2.45) is 23.7 Å². The topological polar surface area (TPSA) is 49.4 Å². The second-order valence-electron chi connectivity index (χ2n) is 12.2. The molecule has 1 amide bonds. The molecule has 2 saturated carbocycles. The summed E-state index contributed by atoms with van der Waals surface area (Å²) in [4.78, 5) is 27.5. The first-order valence-electron chi connectivity index (χ1n) is 14.8. The van der Waals surface area contributed by atoms with E-state index >= 15 is 0 Å². The molecule has 38 heavy (non-hydrogen) atoms. The number of benzene rings is 2. The molecule has 2 bridgehead atoms. The van der Waals surface area contributed by atoms with Crippen molar-refractivity contribution < 1.29 is 9.59 Å². The average Bonchev–Trinajstić information content (AvgIpc) is 3.25. The third kappa shape index (κ3) is 6.04. The Labute approximate surface area is 233 Å². The summed E-state index contributed by atoms with van der Waals surface area (Å²) in [5, 5.41) is 3.95. The number of nitrogens with zero attached hydrogens (tertiary/aromatic N) is 1. The van der Waals surface area contributed by atoms with Gasteiger partial charge in [-0.25, -0.2) is 0 Å². The second-order valence-corrected chi connectivity index (χ2v) is 13.2. The molecule has 0 spiro atoms. The number of hydrogen-bond donors (Lipinski definition) is 1. The number of fused-ring (bicyclic) bond motifs is 3. The van der Waals surface area contributed by atoms with Crippen LogP contribution >= 0.6 is 11.8 Å². The highest BCUT2D eigenvalue weighted by Gasteiger charge is 2.39. The molecule has 2 aromatic rings. The fourth-order valence-corrected chi connectivity index (χ4v) is 8.50. The van der Waals surface area contributed by atoms with Crippen molar-refractivity contribution in [2.45, 2.75) is 95.0 Å². The zero-order valence-corrected chi connectivity index (χ0v) is 24.1. The van der Waals surface area contributed by atoms with Crippen LogP contribution in [0.2, 0.25) is 0 Å². The molecule has 2 aromatic carbocycles. The van der Waals surface area contributed by atoms with Crippen molar-refractivity contribution >= 4 is 24.0 Å². The van der Waals surface area contributed by atoms with Gasteiger partial charge in [-0.15, -0.1) is 11.8 Å². The molecule has 1 N–H and O–H groups in total. The summed E-state index contributed by atoms with van der Waals surface area (Å²) in [6, 6.07) is 15.4. The molecule has 204 valence electrons. The summed E-state index contributed by atoms with van der Waals surface area (Å²) in [7, 11) is 0. The molecule has 4 nitrogen and oxygen atoms in total. The lowest BCUT2D eigenvalue weighted by Gasteiger charge is -2.46. The summed E-state index contributed by atoms with van der Waals surface area (Å²) in [6.07, 6.45) is 9.29. The Hall–Kier alpha value is -2.11. The molecular formula is C33H44N2O2S. The van der Waals surface area contributed by atoms with Crippen LogP contribution in [0.1, 0.15) is 86.3 Å². The summed E-state index contributed by atoms with van der Waals surface area (Å²) in [6.45, 7) is 8.55. The van der Waals surface area contributed by atoms with Crippen LogP contribution < -0.4 is 5.32 Å². The molecular weight excluding hydrogens is 488 g/mol. The Morgan fingerprint density at radius 2 is 1.84 bits per heavy atom. The third-order valence-corrected chi connectivity index (χ3v) is 10.4. The Morgan fingerprint density at radius 1 is 1.05 bits per heavy atom. The van der Waals surface area contributed by atoms with Crippen LogP contribution in [0.15, 0.2) is 47.4 Å². The fourth-order valence-electron chi connectivity index (χ4n) is 7.46. The molecule has 1 aliphatic heterocycles. The molecule has 2 fully saturated rings. The number of hydrogen-bond acceptors (Lipinski definition) is 4. The van der Waals surface area contributed by atoms with Gasteiger partial charge in [-0.3, -0.25) is 4.79 Å². The Balaban J connectivity index is 1.13. The molecule has 6 atom stereocenters. The van der Waals surface area contributed by atoms with E-state index in [2.05, 4.69) is 56.4 Å². The first-order valence-corrected chi connectivity index (χ1v) is 15.8. The van der Waals surface area contributed by atoms with Crippen molar-refractivity contribution in [3.8, 4) is 0 Å². The SMILES string of the molecule is CCCC(C=O)N1Cc2c(SCc3ccc(CCNC4C(C)CC5CC(C)CC4C5)cc3)cccc2C1=O. The van der Waals surface area contributed by atoms with Gasteiger partial charge in [0.15, 0.2) is 0 Å². The number of amides is 1. The molecule has 2 aliphatic carbocycles. The van der Waals surface area contributed by atoms with E-state index in [1.54, 1.807) is 16.7 Å². The quantitative estimate of drug-likeness (QED) is 0.253. The van der Waals surface area contributed by atoms with E-state index in [9.17, 15) is 9.59 Å². The number of aldehydes is 1. The maximum absolute atomic E-state index is 13.0. The predicted octanol–water partition coefficient (Wildman–Crippen LogP) is 6.90. The van der Waals surface area contributed by atoms with Crippen molar-refractivity contribution in [2.75, 3.05) is 6.54 Å². The summed E-state index contributed by atoms with van der Waals surface area (Å²) in [5.41, 5.74) is 4.52. The van der Waals surface area contributed by atoms with Gasteiger partial charge in [0.1, 0.15) is 6.29 Å². The molecule has 1 heterocycles. The van der Waals surface area contributed by atoms with Crippen LogP contribution in [-0.2, 0) is 23.5 Å². The van der Waals surface area contributed by atoms with Gasteiger partial charge in [-0.2, -0.15) is 0 Å². The molecule has 6 unspecified atom stereocenters. The normalized spacial score (nSPS) is 27.3. The van der Waals surface area contributed by atoms with E-state index in [0.29, 0.717) is 19.0 Å². The van der Waals surface area contributed by atoms with E-state index in [4.69, 9.17) is 0 Å². The van der Waals surface area contributed by atoms with Crippen molar-refractivity contribution in [3.05, 3.63) is 64.7 Å². The van der Waals surface area contributed by atoms with E-state index in [1.807, 2.05) is 12.1 Å². The Morgan fingerprint density at radius 3 is 2.61 bits per heavy atom. The second kappa shape index (κ2) is 12.4. The van der Waals surface area contributed by atoms with E-state index in [-0.39, 0.29) is 11.9 Å². The highest BCUT2D eigenvalue weighted by Crippen LogP contribution is 2.44. The highest BCUT2D eigenvalue weighted by atomic mass is 32.2. The smallest absolute Gasteiger partial charge is 0.255 e. The van der Waals surface area contributed by atoms with Gasteiger partial charge in [0.25, 0.3) is 5.91 Å². The van der Waals surface area contributed by atoms with Crippen LogP contribution in [0.5, 0.6) is 0 Å². The lowest BCUT2D eigenvalue weighted by Crippen LogP contribution is -2.49. The van der Waals surface area contributed by atoms with E-state index in [1.165, 1.54) is 36.8 Å². The zero-order valence-electron chi connectivity index (χ0n) is 23.3. The highest BCUT2D eigenvalue weighted by molar-refractivity contribution is 7.98. The van der Waals surface area contributed by atoms with Gasteiger partial charge < -0.3 is 15.0 Å². The van der Waals surface area contributed by atoms with Crippen LogP contribution in [0.25, 0.3) is 0 Å². The van der Waals surface area contributed by atoms with E-state index in [0.717, 1.165) is 71.1 Å². The van der Waals surface area contributed by atoms with Gasteiger partial charge in [-0.05, 0) is 97.6 Å². The van der Waals surface area contributed by atoms with Crippen molar-refractivity contribution in [1.29, 1.82) is 0 Å².